The van der Waals surface area contributed by atoms with Gasteiger partial charge in [-0.25, -0.2) is 4.98 Å². The summed E-state index contributed by atoms with van der Waals surface area (Å²) in [5.41, 5.74) is 10.5. The Balaban J connectivity index is 1.94. The molecule has 3 aromatic rings. The molecule has 0 saturated heterocycles. The van der Waals surface area contributed by atoms with Crippen LogP contribution in [0.2, 0.25) is 5.02 Å². The first kappa shape index (κ1) is 19.5. The molecular weight excluding hydrogens is 378 g/mol. The van der Waals surface area contributed by atoms with Crippen LogP contribution in [-0.4, -0.2) is 27.0 Å². The number of aliphatic carboxylic acids is 1. The molecule has 1 aromatic heterocycles. The normalized spacial score (nSPS) is 10.7. The van der Waals surface area contributed by atoms with Gasteiger partial charge >= 0.3 is 5.97 Å². The largest absolute Gasteiger partial charge is 0.481 e. The number of nitrogens with zero attached hydrogens (tertiary/aromatic N) is 2. The van der Waals surface area contributed by atoms with E-state index in [0.29, 0.717) is 27.7 Å². The number of nitrogens with two attached hydrogens (primary N) is 1. The van der Waals surface area contributed by atoms with E-state index in [1.54, 1.807) is 19.1 Å². The molecule has 28 heavy (non-hydrogen) atoms. The van der Waals surface area contributed by atoms with Gasteiger partial charge in [-0.1, -0.05) is 48.0 Å². The van der Waals surface area contributed by atoms with Crippen molar-refractivity contribution in [1.82, 2.24) is 9.97 Å². The van der Waals surface area contributed by atoms with Crippen LogP contribution in [0.4, 0.5) is 0 Å². The third kappa shape index (κ3) is 4.02. The molecule has 0 saturated carbocycles. The van der Waals surface area contributed by atoms with Gasteiger partial charge < -0.3 is 10.8 Å². The van der Waals surface area contributed by atoms with Crippen molar-refractivity contribution in [3.63, 3.8) is 0 Å². The van der Waals surface area contributed by atoms with E-state index in [4.69, 9.17) is 22.4 Å². The van der Waals surface area contributed by atoms with E-state index in [9.17, 15) is 9.59 Å². The highest BCUT2D eigenvalue weighted by atomic mass is 35.5. The van der Waals surface area contributed by atoms with E-state index in [1.165, 1.54) is 0 Å². The summed E-state index contributed by atoms with van der Waals surface area (Å²) < 4.78 is 0. The van der Waals surface area contributed by atoms with Gasteiger partial charge in [-0.05, 0) is 36.6 Å². The maximum Gasteiger partial charge on any atom is 0.307 e. The number of carbonyl (C=O) groups excluding carboxylic acids is 1. The van der Waals surface area contributed by atoms with E-state index in [0.717, 1.165) is 16.7 Å². The number of aromatic nitrogens is 2. The second-order valence-electron chi connectivity index (χ2n) is 6.41. The zero-order valence-corrected chi connectivity index (χ0v) is 16.1. The molecule has 0 aliphatic rings. The second-order valence-corrected chi connectivity index (χ2v) is 6.82. The van der Waals surface area contributed by atoms with Crippen molar-refractivity contribution in [2.24, 2.45) is 5.73 Å². The van der Waals surface area contributed by atoms with E-state index in [1.807, 2.05) is 37.3 Å². The Morgan fingerprint density at radius 3 is 2.14 bits per heavy atom. The van der Waals surface area contributed by atoms with Crippen molar-refractivity contribution >= 4 is 23.5 Å². The third-order valence-electron chi connectivity index (χ3n) is 4.36. The molecule has 0 fully saturated rings. The van der Waals surface area contributed by atoms with Gasteiger partial charge in [0.05, 0.1) is 23.5 Å². The van der Waals surface area contributed by atoms with Crippen LogP contribution in [0.1, 0.15) is 27.4 Å². The smallest absolute Gasteiger partial charge is 0.307 e. The summed E-state index contributed by atoms with van der Waals surface area (Å²) >= 11 is 6.21. The number of hydrogen-bond donors (Lipinski definition) is 2. The lowest BCUT2D eigenvalue weighted by Gasteiger charge is -2.10. The molecule has 2 aromatic carbocycles. The van der Waals surface area contributed by atoms with Crippen LogP contribution < -0.4 is 5.73 Å². The topological polar surface area (TPSA) is 106 Å². The van der Waals surface area contributed by atoms with Crippen LogP contribution in [0, 0.1) is 13.8 Å². The molecule has 0 spiro atoms. The predicted octanol–water partition coefficient (Wildman–Crippen LogP) is 3.81. The first-order chi connectivity index (χ1) is 13.3. The lowest BCUT2D eigenvalue weighted by molar-refractivity contribution is -0.136. The quantitative estimate of drug-likeness (QED) is 0.683. The zero-order valence-electron chi connectivity index (χ0n) is 15.4. The molecule has 142 valence electrons. The summed E-state index contributed by atoms with van der Waals surface area (Å²) in [6.45, 7) is 3.53. The number of primary amides is 1. The molecule has 7 heteroatoms. The van der Waals surface area contributed by atoms with Crippen molar-refractivity contribution in [3.05, 3.63) is 70.1 Å². The number of carboxylic acids is 1. The summed E-state index contributed by atoms with van der Waals surface area (Å²) in [6.07, 6.45) is -0.119. The van der Waals surface area contributed by atoms with Crippen molar-refractivity contribution in [1.29, 1.82) is 0 Å². The Labute approximate surface area is 167 Å². The molecule has 0 radical (unpaired) electrons. The number of rotatable bonds is 5. The minimum absolute atomic E-state index is 0.119. The Morgan fingerprint density at radius 2 is 1.57 bits per heavy atom. The van der Waals surface area contributed by atoms with E-state index in [-0.39, 0.29) is 12.1 Å². The minimum atomic E-state index is -0.927. The van der Waals surface area contributed by atoms with Crippen molar-refractivity contribution < 1.29 is 14.7 Å². The number of carbonyl (C=O) groups is 2. The number of carboxylic acid groups (broad SMARTS) is 1. The van der Waals surface area contributed by atoms with Gasteiger partial charge in [0.2, 0.25) is 0 Å². The lowest BCUT2D eigenvalue weighted by Crippen LogP contribution is -2.17. The molecule has 1 amide bonds. The fraction of sp³-hybridized carbons (Fsp3) is 0.143. The van der Waals surface area contributed by atoms with Gasteiger partial charge in [-0.3, -0.25) is 14.6 Å². The van der Waals surface area contributed by atoms with Crippen LogP contribution in [0.25, 0.3) is 22.4 Å². The summed E-state index contributed by atoms with van der Waals surface area (Å²) in [6, 6.07) is 12.9. The lowest BCUT2D eigenvalue weighted by atomic mass is 10.00. The number of halogens is 1. The molecule has 0 aliphatic carbocycles. The van der Waals surface area contributed by atoms with Crippen molar-refractivity contribution in [2.45, 2.75) is 20.3 Å². The van der Waals surface area contributed by atoms with Gasteiger partial charge in [0, 0.05) is 10.6 Å². The molecule has 0 aliphatic heterocycles. The highest BCUT2D eigenvalue weighted by Crippen LogP contribution is 2.29. The molecule has 3 N–H and O–H groups in total. The van der Waals surface area contributed by atoms with Crippen LogP contribution in [0.15, 0.2) is 42.5 Å². The molecular formula is C21H18ClN3O3. The first-order valence-corrected chi connectivity index (χ1v) is 8.90. The number of hydrogen-bond acceptors (Lipinski definition) is 4. The molecule has 6 nitrogen and oxygen atoms in total. The highest BCUT2D eigenvalue weighted by Gasteiger charge is 2.14. The van der Waals surface area contributed by atoms with Crippen molar-refractivity contribution in [2.75, 3.05) is 0 Å². The summed E-state index contributed by atoms with van der Waals surface area (Å²) in [7, 11) is 0. The Hall–Kier alpha value is -3.25. The van der Waals surface area contributed by atoms with Crippen molar-refractivity contribution in [3.8, 4) is 22.4 Å². The monoisotopic (exact) mass is 395 g/mol. The zero-order chi connectivity index (χ0) is 20.4. The van der Waals surface area contributed by atoms with Crippen LogP contribution in [-0.2, 0) is 11.2 Å². The van der Waals surface area contributed by atoms with Crippen LogP contribution in [0.5, 0.6) is 0 Å². The summed E-state index contributed by atoms with van der Waals surface area (Å²) in [4.78, 5) is 31.2. The number of benzene rings is 2. The SMILES string of the molecule is Cc1nc(C)c(-c2ccc(-c3ccc(CC(=O)O)c(Cl)c3)cc2)nc1C(N)=O. The molecule has 3 rings (SSSR count). The van der Waals surface area contributed by atoms with Gasteiger partial charge in [0.25, 0.3) is 5.91 Å². The number of aryl methyl sites for hydroxylation is 2. The predicted molar refractivity (Wildman–Crippen MR) is 107 cm³/mol. The summed E-state index contributed by atoms with van der Waals surface area (Å²) in [5, 5.41) is 9.32. The fourth-order valence-electron chi connectivity index (χ4n) is 2.99. The third-order valence-corrected chi connectivity index (χ3v) is 4.72. The van der Waals surface area contributed by atoms with E-state index in [2.05, 4.69) is 9.97 Å². The van der Waals surface area contributed by atoms with Gasteiger partial charge in [-0.15, -0.1) is 0 Å². The number of amides is 1. The maximum atomic E-state index is 11.6. The second kappa shape index (κ2) is 7.78. The first-order valence-electron chi connectivity index (χ1n) is 8.52. The van der Waals surface area contributed by atoms with Gasteiger partial charge in [-0.2, -0.15) is 0 Å². The average molecular weight is 396 g/mol. The standard InChI is InChI=1S/C21H18ClN3O3/c1-11-19(25-20(21(23)28)12(2)24-11)14-5-3-13(4-6-14)15-7-8-16(10-18(26)27)17(22)9-15/h3-9H,10H2,1-2H3,(H2,23,28)(H,26,27). The highest BCUT2D eigenvalue weighted by molar-refractivity contribution is 6.31. The van der Waals surface area contributed by atoms with Gasteiger partial charge in [0.1, 0.15) is 5.69 Å². The Morgan fingerprint density at radius 1 is 0.964 bits per heavy atom. The Kier molecular flexibility index (Phi) is 5.42. The van der Waals surface area contributed by atoms with Gasteiger partial charge in [0.15, 0.2) is 0 Å². The molecule has 1 heterocycles. The Bertz CT molecular complexity index is 1080. The molecule has 0 bridgehead atoms. The minimum Gasteiger partial charge on any atom is -0.481 e. The fourth-order valence-corrected chi connectivity index (χ4v) is 3.24. The van der Waals surface area contributed by atoms with E-state index >= 15 is 0 Å². The summed E-state index contributed by atoms with van der Waals surface area (Å²) in [5.74, 6) is -1.54. The molecule has 0 atom stereocenters. The van der Waals surface area contributed by atoms with Crippen LogP contribution in [0.3, 0.4) is 0 Å². The average Bonchev–Trinajstić information content (AvgIpc) is 2.63. The molecule has 0 unspecified atom stereocenters. The maximum absolute atomic E-state index is 11.6. The van der Waals surface area contributed by atoms with E-state index < -0.39 is 11.9 Å². The van der Waals surface area contributed by atoms with Crippen LogP contribution >= 0.6 is 11.6 Å².